The van der Waals surface area contributed by atoms with Gasteiger partial charge in [-0.3, -0.25) is 14.6 Å². The number of piperidine rings is 1. The molecule has 0 bridgehead atoms. The molecular formula is C21H25N3O2. The van der Waals surface area contributed by atoms with Crippen molar-refractivity contribution in [3.8, 4) is 0 Å². The molecule has 0 atom stereocenters. The molecule has 26 heavy (non-hydrogen) atoms. The summed E-state index contributed by atoms with van der Waals surface area (Å²) >= 11 is 0. The van der Waals surface area contributed by atoms with Crippen LogP contribution in [0.15, 0.2) is 36.5 Å². The molecule has 1 saturated heterocycles. The minimum absolute atomic E-state index is 0.0985. The quantitative estimate of drug-likeness (QED) is 0.914. The van der Waals surface area contributed by atoms with E-state index in [-0.39, 0.29) is 11.8 Å². The van der Waals surface area contributed by atoms with Crippen LogP contribution in [0.3, 0.4) is 0 Å². The third-order valence-electron chi connectivity index (χ3n) is 5.03. The molecule has 2 heterocycles. The third kappa shape index (κ3) is 3.93. The van der Waals surface area contributed by atoms with Gasteiger partial charge in [0.05, 0.1) is 0 Å². The van der Waals surface area contributed by atoms with E-state index in [0.29, 0.717) is 17.2 Å². The van der Waals surface area contributed by atoms with Gasteiger partial charge < -0.3 is 10.2 Å². The van der Waals surface area contributed by atoms with Gasteiger partial charge >= 0.3 is 0 Å². The Morgan fingerprint density at radius 3 is 2.42 bits per heavy atom. The fourth-order valence-corrected chi connectivity index (χ4v) is 3.26. The average Bonchev–Trinajstić information content (AvgIpc) is 2.65. The van der Waals surface area contributed by atoms with Gasteiger partial charge in [0, 0.05) is 30.5 Å². The Labute approximate surface area is 154 Å². The molecule has 2 amide bonds. The van der Waals surface area contributed by atoms with E-state index in [1.54, 1.807) is 12.1 Å². The van der Waals surface area contributed by atoms with E-state index in [4.69, 9.17) is 0 Å². The lowest BCUT2D eigenvalue weighted by Gasteiger charge is -2.30. The summed E-state index contributed by atoms with van der Waals surface area (Å²) < 4.78 is 0. The van der Waals surface area contributed by atoms with Crippen LogP contribution >= 0.6 is 0 Å². The molecule has 0 unspecified atom stereocenters. The molecule has 1 fully saturated rings. The number of nitrogens with one attached hydrogen (secondary N) is 1. The van der Waals surface area contributed by atoms with Gasteiger partial charge in [-0.2, -0.15) is 0 Å². The maximum atomic E-state index is 12.7. The van der Waals surface area contributed by atoms with Gasteiger partial charge in [0.1, 0.15) is 5.69 Å². The van der Waals surface area contributed by atoms with E-state index >= 15 is 0 Å². The van der Waals surface area contributed by atoms with Crippen LogP contribution in [0.1, 0.15) is 51.7 Å². The molecule has 136 valence electrons. The second-order valence-corrected chi connectivity index (χ2v) is 7.13. The highest BCUT2D eigenvalue weighted by molar-refractivity contribution is 6.06. The largest absolute Gasteiger partial charge is 0.337 e. The van der Waals surface area contributed by atoms with E-state index in [0.717, 1.165) is 42.7 Å². The zero-order valence-electron chi connectivity index (χ0n) is 15.6. The Kier molecular flexibility index (Phi) is 5.35. The summed E-state index contributed by atoms with van der Waals surface area (Å²) in [5.74, 6) is 0.325. The van der Waals surface area contributed by atoms with Crippen molar-refractivity contribution in [2.24, 2.45) is 5.92 Å². The van der Waals surface area contributed by atoms with Crippen LogP contribution in [0, 0.1) is 19.8 Å². The molecule has 0 saturated carbocycles. The molecule has 1 N–H and O–H groups in total. The molecule has 0 radical (unpaired) electrons. The summed E-state index contributed by atoms with van der Waals surface area (Å²) in [6.45, 7) is 7.63. The number of carbonyl (C=O) groups is 2. The zero-order chi connectivity index (χ0) is 18.7. The van der Waals surface area contributed by atoms with Crippen LogP contribution in [-0.2, 0) is 0 Å². The topological polar surface area (TPSA) is 62.3 Å². The van der Waals surface area contributed by atoms with Gasteiger partial charge in [0.2, 0.25) is 0 Å². The number of anilines is 1. The minimum atomic E-state index is -0.230. The predicted octanol–water partition coefficient (Wildman–Crippen LogP) is 3.82. The van der Waals surface area contributed by atoms with Crippen LogP contribution in [0.4, 0.5) is 5.69 Å². The number of rotatable bonds is 3. The smallest absolute Gasteiger partial charge is 0.272 e. The number of aryl methyl sites for hydroxylation is 2. The Morgan fingerprint density at radius 2 is 1.77 bits per heavy atom. The number of aromatic nitrogens is 1. The van der Waals surface area contributed by atoms with Gasteiger partial charge in [-0.05, 0) is 55.9 Å². The average molecular weight is 351 g/mol. The van der Waals surface area contributed by atoms with Gasteiger partial charge in [0.25, 0.3) is 11.8 Å². The van der Waals surface area contributed by atoms with Gasteiger partial charge in [-0.25, -0.2) is 0 Å². The molecule has 1 aromatic heterocycles. The van der Waals surface area contributed by atoms with Gasteiger partial charge in [-0.1, -0.05) is 25.1 Å². The Hall–Kier alpha value is -2.69. The van der Waals surface area contributed by atoms with E-state index in [1.807, 2.05) is 36.9 Å². The molecule has 2 aromatic rings. The first-order valence-corrected chi connectivity index (χ1v) is 9.08. The van der Waals surface area contributed by atoms with Crippen LogP contribution in [-0.4, -0.2) is 34.8 Å². The number of nitrogens with zero attached hydrogens (tertiary/aromatic N) is 2. The van der Waals surface area contributed by atoms with Crippen LogP contribution in [0.5, 0.6) is 0 Å². The second-order valence-electron chi connectivity index (χ2n) is 7.13. The fourth-order valence-electron chi connectivity index (χ4n) is 3.26. The summed E-state index contributed by atoms with van der Waals surface area (Å²) in [5, 5.41) is 2.95. The molecule has 0 aliphatic carbocycles. The Morgan fingerprint density at radius 1 is 1.12 bits per heavy atom. The van der Waals surface area contributed by atoms with Gasteiger partial charge in [0.15, 0.2) is 0 Å². The Bertz CT molecular complexity index is 804. The standard InChI is InChI=1S/C21H25N3O2/c1-14-8-11-24(12-9-14)21(26)18-13-17(7-10-22-18)20(25)23-19-15(2)5-4-6-16(19)3/h4-7,10,13-14H,8-9,11-12H2,1-3H3,(H,23,25). The van der Waals surface area contributed by atoms with Crippen molar-refractivity contribution in [1.29, 1.82) is 0 Å². The normalized spacial score (nSPS) is 15.0. The maximum absolute atomic E-state index is 12.7. The molecule has 5 heteroatoms. The molecule has 0 spiro atoms. The highest BCUT2D eigenvalue weighted by atomic mass is 16.2. The predicted molar refractivity (Wildman–Crippen MR) is 102 cm³/mol. The lowest BCUT2D eigenvalue weighted by atomic mass is 9.99. The first-order chi connectivity index (χ1) is 12.5. The highest BCUT2D eigenvalue weighted by Crippen LogP contribution is 2.21. The lowest BCUT2D eigenvalue weighted by Crippen LogP contribution is -2.38. The van der Waals surface area contributed by atoms with Crippen molar-refractivity contribution in [2.75, 3.05) is 18.4 Å². The zero-order valence-corrected chi connectivity index (χ0v) is 15.6. The Balaban J connectivity index is 1.76. The number of hydrogen-bond acceptors (Lipinski definition) is 3. The minimum Gasteiger partial charge on any atom is -0.337 e. The summed E-state index contributed by atoms with van der Waals surface area (Å²) in [6, 6.07) is 9.10. The summed E-state index contributed by atoms with van der Waals surface area (Å²) in [7, 11) is 0. The van der Waals surface area contributed by atoms with Gasteiger partial charge in [-0.15, -0.1) is 0 Å². The second kappa shape index (κ2) is 7.68. The summed E-state index contributed by atoms with van der Waals surface area (Å²) in [4.78, 5) is 31.3. The van der Waals surface area contributed by atoms with Crippen molar-refractivity contribution in [3.63, 3.8) is 0 Å². The first-order valence-electron chi connectivity index (χ1n) is 9.08. The summed E-state index contributed by atoms with van der Waals surface area (Å²) in [5.41, 5.74) is 3.59. The monoisotopic (exact) mass is 351 g/mol. The molecule has 5 nitrogen and oxygen atoms in total. The van der Waals surface area contributed by atoms with E-state index in [2.05, 4.69) is 17.2 Å². The van der Waals surface area contributed by atoms with Crippen LogP contribution in [0.2, 0.25) is 0 Å². The van der Waals surface area contributed by atoms with E-state index in [1.165, 1.54) is 6.20 Å². The number of benzene rings is 1. The fraction of sp³-hybridized carbons (Fsp3) is 0.381. The maximum Gasteiger partial charge on any atom is 0.272 e. The van der Waals surface area contributed by atoms with E-state index in [9.17, 15) is 9.59 Å². The highest BCUT2D eigenvalue weighted by Gasteiger charge is 2.23. The third-order valence-corrected chi connectivity index (χ3v) is 5.03. The van der Waals surface area contributed by atoms with Crippen LogP contribution in [0.25, 0.3) is 0 Å². The number of amides is 2. The number of carbonyl (C=O) groups excluding carboxylic acids is 2. The number of hydrogen-bond donors (Lipinski definition) is 1. The molecule has 1 aliphatic rings. The molecular weight excluding hydrogens is 326 g/mol. The van der Waals surface area contributed by atoms with Crippen molar-refractivity contribution >= 4 is 17.5 Å². The SMILES string of the molecule is Cc1cccc(C)c1NC(=O)c1ccnc(C(=O)N2CCC(C)CC2)c1. The van der Waals surface area contributed by atoms with Crippen molar-refractivity contribution in [2.45, 2.75) is 33.6 Å². The summed E-state index contributed by atoms with van der Waals surface area (Å²) in [6.07, 6.45) is 3.55. The first kappa shape index (κ1) is 18.1. The van der Waals surface area contributed by atoms with Crippen molar-refractivity contribution < 1.29 is 9.59 Å². The molecule has 3 rings (SSSR count). The van der Waals surface area contributed by atoms with Crippen molar-refractivity contribution in [1.82, 2.24) is 9.88 Å². The van der Waals surface area contributed by atoms with Crippen molar-refractivity contribution in [3.05, 3.63) is 58.9 Å². The van der Waals surface area contributed by atoms with E-state index < -0.39 is 0 Å². The van der Waals surface area contributed by atoms with Crippen LogP contribution < -0.4 is 5.32 Å². The number of pyridine rings is 1. The number of para-hydroxylation sites is 1. The molecule has 1 aliphatic heterocycles. The lowest BCUT2D eigenvalue weighted by molar-refractivity contribution is 0.0691. The molecule has 1 aromatic carbocycles. The number of likely N-dealkylation sites (tertiary alicyclic amines) is 1.